The third kappa shape index (κ3) is 3.60. The molecule has 0 saturated carbocycles. The van der Waals surface area contributed by atoms with E-state index >= 15 is 0 Å². The van der Waals surface area contributed by atoms with E-state index in [1.165, 1.54) is 0 Å². The summed E-state index contributed by atoms with van der Waals surface area (Å²) in [6.45, 7) is 2.09. The van der Waals surface area contributed by atoms with Gasteiger partial charge in [-0.25, -0.2) is 0 Å². The topological polar surface area (TPSA) is 53.1 Å². The van der Waals surface area contributed by atoms with E-state index in [9.17, 15) is 0 Å². The van der Waals surface area contributed by atoms with Gasteiger partial charge in [-0.2, -0.15) is 5.10 Å². The molecule has 0 spiro atoms. The highest BCUT2D eigenvalue weighted by Gasteiger charge is 1.97. The molecule has 0 aliphatic rings. The van der Waals surface area contributed by atoms with Crippen LogP contribution in [0.3, 0.4) is 0 Å². The molecule has 0 bridgehead atoms. The van der Waals surface area contributed by atoms with Crippen molar-refractivity contribution in [2.24, 2.45) is 5.73 Å². The first-order chi connectivity index (χ1) is 8.38. The Morgan fingerprint density at radius 3 is 2.76 bits per heavy atom. The van der Waals surface area contributed by atoms with Gasteiger partial charge in [0.25, 0.3) is 0 Å². The molecule has 0 atom stereocenters. The highest BCUT2D eigenvalue weighted by molar-refractivity contribution is 5.20. The lowest BCUT2D eigenvalue weighted by atomic mass is 10.3. The normalized spacial score (nSPS) is 10.4. The van der Waals surface area contributed by atoms with Gasteiger partial charge >= 0.3 is 0 Å². The highest BCUT2D eigenvalue weighted by Crippen LogP contribution is 2.08. The number of para-hydroxylation sites is 1. The van der Waals surface area contributed by atoms with Crippen LogP contribution in [0, 0.1) is 0 Å². The van der Waals surface area contributed by atoms with Crippen molar-refractivity contribution in [1.29, 1.82) is 0 Å². The van der Waals surface area contributed by atoms with Gasteiger partial charge in [-0.15, -0.1) is 0 Å². The van der Waals surface area contributed by atoms with E-state index in [0.717, 1.165) is 24.3 Å². The molecule has 4 nitrogen and oxygen atoms in total. The predicted molar refractivity (Wildman–Crippen MR) is 66.7 cm³/mol. The third-order valence-corrected chi connectivity index (χ3v) is 2.47. The minimum Gasteiger partial charge on any atom is -0.494 e. The Morgan fingerprint density at radius 1 is 1.24 bits per heavy atom. The fourth-order valence-corrected chi connectivity index (χ4v) is 1.57. The van der Waals surface area contributed by atoms with E-state index < -0.39 is 0 Å². The summed E-state index contributed by atoms with van der Waals surface area (Å²) in [6.07, 6.45) is 4.71. The number of rotatable bonds is 6. The Hall–Kier alpha value is -1.81. The van der Waals surface area contributed by atoms with E-state index in [-0.39, 0.29) is 0 Å². The van der Waals surface area contributed by atoms with Gasteiger partial charge < -0.3 is 10.5 Å². The van der Waals surface area contributed by atoms with E-state index in [2.05, 4.69) is 5.10 Å². The molecule has 90 valence electrons. The fraction of sp³-hybridized carbons (Fsp3) is 0.308. The molecule has 4 heteroatoms. The Bertz CT molecular complexity index is 439. The van der Waals surface area contributed by atoms with Gasteiger partial charge in [0, 0.05) is 31.3 Å². The zero-order valence-corrected chi connectivity index (χ0v) is 9.75. The number of aryl methyl sites for hydroxylation is 1. The van der Waals surface area contributed by atoms with Crippen LogP contribution in [0.1, 0.15) is 12.0 Å². The second-order valence-corrected chi connectivity index (χ2v) is 3.83. The van der Waals surface area contributed by atoms with Gasteiger partial charge in [0.2, 0.25) is 0 Å². The molecule has 0 saturated heterocycles. The molecule has 0 aliphatic carbocycles. The second kappa shape index (κ2) is 6.06. The molecule has 0 fully saturated rings. The Kier molecular flexibility index (Phi) is 4.16. The first-order valence-electron chi connectivity index (χ1n) is 5.78. The summed E-state index contributed by atoms with van der Waals surface area (Å²) in [5.41, 5.74) is 6.58. The zero-order chi connectivity index (χ0) is 11.9. The molecule has 1 aromatic heterocycles. The monoisotopic (exact) mass is 231 g/mol. The largest absolute Gasteiger partial charge is 0.494 e. The number of benzene rings is 1. The summed E-state index contributed by atoms with van der Waals surface area (Å²) < 4.78 is 7.49. The maximum absolute atomic E-state index is 5.60. The van der Waals surface area contributed by atoms with Gasteiger partial charge in [0.05, 0.1) is 12.8 Å². The van der Waals surface area contributed by atoms with Crippen LogP contribution in [0.2, 0.25) is 0 Å². The van der Waals surface area contributed by atoms with E-state index in [1.54, 1.807) is 6.20 Å². The lowest BCUT2D eigenvalue weighted by Gasteiger charge is -2.05. The van der Waals surface area contributed by atoms with Crippen LogP contribution in [-0.2, 0) is 13.1 Å². The number of nitrogens with two attached hydrogens (primary N) is 1. The maximum Gasteiger partial charge on any atom is 0.119 e. The molecule has 2 N–H and O–H groups in total. The van der Waals surface area contributed by atoms with Gasteiger partial charge in [0.1, 0.15) is 5.75 Å². The maximum atomic E-state index is 5.60. The summed E-state index contributed by atoms with van der Waals surface area (Å²) in [6, 6.07) is 9.83. The smallest absolute Gasteiger partial charge is 0.119 e. The Labute approximate surface area is 101 Å². The first-order valence-corrected chi connectivity index (χ1v) is 5.78. The number of ether oxygens (including phenoxy) is 1. The highest BCUT2D eigenvalue weighted by atomic mass is 16.5. The van der Waals surface area contributed by atoms with Crippen molar-refractivity contribution in [2.75, 3.05) is 6.61 Å². The predicted octanol–water partition coefficient (Wildman–Crippen LogP) is 1.81. The average Bonchev–Trinajstić information content (AvgIpc) is 2.84. The molecule has 0 aliphatic heterocycles. The zero-order valence-electron chi connectivity index (χ0n) is 9.75. The van der Waals surface area contributed by atoms with E-state index in [1.807, 2.05) is 41.2 Å². The van der Waals surface area contributed by atoms with Crippen LogP contribution < -0.4 is 10.5 Å². The minimum atomic E-state index is 0.542. The number of aromatic nitrogens is 2. The van der Waals surface area contributed by atoms with E-state index in [4.69, 9.17) is 10.5 Å². The van der Waals surface area contributed by atoms with Gasteiger partial charge in [-0.3, -0.25) is 4.68 Å². The van der Waals surface area contributed by atoms with Crippen molar-refractivity contribution in [3.8, 4) is 5.75 Å². The van der Waals surface area contributed by atoms with Crippen molar-refractivity contribution in [1.82, 2.24) is 9.78 Å². The molecular weight excluding hydrogens is 214 g/mol. The number of nitrogens with zero attached hydrogens (tertiary/aromatic N) is 2. The molecule has 2 aromatic rings. The summed E-state index contributed by atoms with van der Waals surface area (Å²) in [5, 5.41) is 4.21. The molecule has 1 heterocycles. The van der Waals surface area contributed by atoms with Crippen LogP contribution in [0.25, 0.3) is 0 Å². The van der Waals surface area contributed by atoms with Gasteiger partial charge in [-0.05, 0) is 12.1 Å². The lowest BCUT2D eigenvalue weighted by Crippen LogP contribution is -2.05. The summed E-state index contributed by atoms with van der Waals surface area (Å²) in [7, 11) is 0. The minimum absolute atomic E-state index is 0.542. The standard InChI is InChI=1S/C13H17N3O/c14-9-12-10-15-16(11-12)7-4-8-17-13-5-2-1-3-6-13/h1-3,5-6,10-11H,4,7-9,14H2. The number of hydrogen-bond donors (Lipinski definition) is 1. The Morgan fingerprint density at radius 2 is 2.06 bits per heavy atom. The number of hydrogen-bond acceptors (Lipinski definition) is 3. The van der Waals surface area contributed by atoms with E-state index in [0.29, 0.717) is 13.2 Å². The average molecular weight is 231 g/mol. The molecule has 0 radical (unpaired) electrons. The van der Waals surface area contributed by atoms with Crippen molar-refractivity contribution in [2.45, 2.75) is 19.5 Å². The third-order valence-electron chi connectivity index (χ3n) is 2.47. The molecule has 0 amide bonds. The second-order valence-electron chi connectivity index (χ2n) is 3.83. The molecule has 0 unspecified atom stereocenters. The van der Waals surface area contributed by atoms with Crippen LogP contribution in [0.4, 0.5) is 0 Å². The SMILES string of the molecule is NCc1cnn(CCCOc2ccccc2)c1. The Balaban J connectivity index is 1.69. The fourth-order valence-electron chi connectivity index (χ4n) is 1.57. The van der Waals surface area contributed by atoms with Crippen molar-refractivity contribution in [3.05, 3.63) is 48.3 Å². The van der Waals surface area contributed by atoms with Gasteiger partial charge in [-0.1, -0.05) is 18.2 Å². The van der Waals surface area contributed by atoms with Crippen LogP contribution >= 0.6 is 0 Å². The van der Waals surface area contributed by atoms with Gasteiger partial charge in [0.15, 0.2) is 0 Å². The molecule has 2 rings (SSSR count). The molecule has 1 aromatic carbocycles. The first kappa shape index (κ1) is 11.7. The van der Waals surface area contributed by atoms with Crippen LogP contribution in [-0.4, -0.2) is 16.4 Å². The lowest BCUT2D eigenvalue weighted by molar-refractivity contribution is 0.298. The molecular formula is C13H17N3O. The summed E-state index contributed by atoms with van der Waals surface area (Å²) >= 11 is 0. The summed E-state index contributed by atoms with van der Waals surface area (Å²) in [4.78, 5) is 0. The summed E-state index contributed by atoms with van der Waals surface area (Å²) in [5.74, 6) is 0.913. The van der Waals surface area contributed by atoms with Crippen LogP contribution in [0.15, 0.2) is 42.7 Å². The molecule has 17 heavy (non-hydrogen) atoms. The van der Waals surface area contributed by atoms with Crippen molar-refractivity contribution in [3.63, 3.8) is 0 Å². The van der Waals surface area contributed by atoms with Crippen molar-refractivity contribution < 1.29 is 4.74 Å². The van der Waals surface area contributed by atoms with Crippen LogP contribution in [0.5, 0.6) is 5.75 Å². The quantitative estimate of drug-likeness (QED) is 0.771. The van der Waals surface area contributed by atoms with Crippen molar-refractivity contribution >= 4 is 0 Å².